The van der Waals surface area contributed by atoms with Gasteiger partial charge in [0.1, 0.15) is 5.75 Å². The third-order valence-corrected chi connectivity index (χ3v) is 6.46. The number of para-hydroxylation sites is 1. The largest absolute Gasteiger partial charge is 0.497 e. The van der Waals surface area contributed by atoms with Crippen LogP contribution in [0.15, 0.2) is 69.8 Å². The topological polar surface area (TPSA) is 73.2 Å². The highest BCUT2D eigenvalue weighted by Gasteiger charge is 2.19. The molecule has 1 N–H and O–H groups in total. The number of ether oxygens (including phenoxy) is 1. The Hall–Kier alpha value is -2.45. The second-order valence-corrected chi connectivity index (χ2v) is 8.32. The third-order valence-electron chi connectivity index (χ3n) is 3.78. The third kappa shape index (κ3) is 3.86. The molecule has 0 aliphatic rings. The van der Waals surface area contributed by atoms with Gasteiger partial charge in [-0.05, 0) is 54.6 Å². The predicted molar refractivity (Wildman–Crippen MR) is 102 cm³/mol. The van der Waals surface area contributed by atoms with E-state index in [2.05, 4.69) is 9.71 Å². The molecule has 8 heteroatoms. The van der Waals surface area contributed by atoms with Gasteiger partial charge in [-0.15, -0.1) is 0 Å². The minimum atomic E-state index is -3.73. The number of imidazole rings is 1. The van der Waals surface area contributed by atoms with Crippen molar-refractivity contribution in [2.75, 3.05) is 11.8 Å². The number of methoxy groups -OCH3 is 1. The van der Waals surface area contributed by atoms with Gasteiger partial charge in [-0.3, -0.25) is 4.72 Å². The van der Waals surface area contributed by atoms with E-state index < -0.39 is 10.0 Å². The SMILES string of the molecule is COc1ccc(S(=O)(=O)Nc2ccccc2Sc2nccn2C)c(C)c1. The van der Waals surface area contributed by atoms with Crippen LogP contribution in [0, 0.1) is 6.92 Å². The Morgan fingerprint density at radius 3 is 2.62 bits per heavy atom. The van der Waals surface area contributed by atoms with Crippen molar-refractivity contribution in [3.8, 4) is 5.75 Å². The van der Waals surface area contributed by atoms with Crippen LogP contribution in [0.3, 0.4) is 0 Å². The molecular formula is C18H19N3O3S2. The van der Waals surface area contributed by atoms with Crippen molar-refractivity contribution in [1.29, 1.82) is 0 Å². The molecule has 0 spiro atoms. The summed E-state index contributed by atoms with van der Waals surface area (Å²) in [4.78, 5) is 5.27. The number of hydrogen-bond acceptors (Lipinski definition) is 5. The lowest BCUT2D eigenvalue weighted by molar-refractivity contribution is 0.414. The zero-order chi connectivity index (χ0) is 18.7. The molecule has 0 radical (unpaired) electrons. The van der Waals surface area contributed by atoms with Gasteiger partial charge in [0.2, 0.25) is 0 Å². The van der Waals surface area contributed by atoms with E-state index in [9.17, 15) is 8.42 Å². The number of anilines is 1. The van der Waals surface area contributed by atoms with Crippen LogP contribution in [0.1, 0.15) is 5.56 Å². The van der Waals surface area contributed by atoms with Gasteiger partial charge in [-0.1, -0.05) is 12.1 Å². The smallest absolute Gasteiger partial charge is 0.262 e. The Labute approximate surface area is 157 Å². The van der Waals surface area contributed by atoms with Crippen LogP contribution in [0.2, 0.25) is 0 Å². The summed E-state index contributed by atoms with van der Waals surface area (Å²) in [5.41, 5.74) is 1.13. The Kier molecular flexibility index (Phi) is 5.24. The van der Waals surface area contributed by atoms with Crippen LogP contribution in [-0.2, 0) is 17.1 Å². The minimum absolute atomic E-state index is 0.218. The molecule has 0 saturated carbocycles. The van der Waals surface area contributed by atoms with E-state index >= 15 is 0 Å². The first-order valence-electron chi connectivity index (χ1n) is 7.82. The average molecular weight is 390 g/mol. The van der Waals surface area contributed by atoms with Crippen molar-refractivity contribution in [1.82, 2.24) is 9.55 Å². The van der Waals surface area contributed by atoms with E-state index in [0.717, 1.165) is 10.1 Å². The minimum Gasteiger partial charge on any atom is -0.497 e. The lowest BCUT2D eigenvalue weighted by atomic mass is 10.2. The second-order valence-electron chi connectivity index (χ2n) is 5.66. The lowest BCUT2D eigenvalue weighted by Gasteiger charge is -2.14. The molecule has 0 fully saturated rings. The lowest BCUT2D eigenvalue weighted by Crippen LogP contribution is -2.15. The van der Waals surface area contributed by atoms with Gasteiger partial charge >= 0.3 is 0 Å². The fraction of sp³-hybridized carbons (Fsp3) is 0.167. The highest BCUT2D eigenvalue weighted by molar-refractivity contribution is 7.99. The van der Waals surface area contributed by atoms with Crippen molar-refractivity contribution in [3.63, 3.8) is 0 Å². The van der Waals surface area contributed by atoms with Crippen LogP contribution < -0.4 is 9.46 Å². The second kappa shape index (κ2) is 7.43. The van der Waals surface area contributed by atoms with Crippen LogP contribution in [0.4, 0.5) is 5.69 Å². The molecule has 1 heterocycles. The molecule has 0 aliphatic heterocycles. The van der Waals surface area contributed by atoms with Crippen molar-refractivity contribution in [3.05, 3.63) is 60.4 Å². The monoisotopic (exact) mass is 389 g/mol. The van der Waals surface area contributed by atoms with Gasteiger partial charge in [0.25, 0.3) is 10.0 Å². The highest BCUT2D eigenvalue weighted by Crippen LogP contribution is 2.33. The maximum absolute atomic E-state index is 12.9. The first-order chi connectivity index (χ1) is 12.4. The zero-order valence-corrected chi connectivity index (χ0v) is 16.3. The number of nitrogens with zero attached hydrogens (tertiary/aromatic N) is 2. The van der Waals surface area contributed by atoms with Crippen LogP contribution >= 0.6 is 11.8 Å². The van der Waals surface area contributed by atoms with E-state index in [-0.39, 0.29) is 4.90 Å². The summed E-state index contributed by atoms with van der Waals surface area (Å²) in [7, 11) is -0.287. The van der Waals surface area contributed by atoms with E-state index in [1.165, 1.54) is 11.8 Å². The molecule has 0 unspecified atom stereocenters. The summed E-state index contributed by atoms with van der Waals surface area (Å²) in [5, 5.41) is 0.775. The molecule has 0 saturated heterocycles. The summed E-state index contributed by atoms with van der Waals surface area (Å²) in [5.74, 6) is 0.618. The fourth-order valence-corrected chi connectivity index (χ4v) is 4.70. The maximum atomic E-state index is 12.9. The molecule has 136 valence electrons. The van der Waals surface area contributed by atoms with E-state index in [0.29, 0.717) is 17.0 Å². The Bertz CT molecular complexity index is 1030. The molecular weight excluding hydrogens is 370 g/mol. The summed E-state index contributed by atoms with van der Waals surface area (Å²) < 4.78 is 35.4. The van der Waals surface area contributed by atoms with Crippen LogP contribution in [0.25, 0.3) is 0 Å². The molecule has 0 bridgehead atoms. The van der Waals surface area contributed by atoms with E-state index in [1.807, 2.05) is 29.9 Å². The molecule has 3 aromatic rings. The predicted octanol–water partition coefficient (Wildman–Crippen LogP) is 3.69. The van der Waals surface area contributed by atoms with Gasteiger partial charge in [0.15, 0.2) is 5.16 Å². The number of aryl methyl sites for hydroxylation is 2. The Balaban J connectivity index is 1.92. The Morgan fingerprint density at radius 2 is 1.96 bits per heavy atom. The van der Waals surface area contributed by atoms with Crippen LogP contribution in [0.5, 0.6) is 5.75 Å². The quantitative estimate of drug-likeness (QED) is 0.696. The summed E-state index contributed by atoms with van der Waals surface area (Å²) in [6.45, 7) is 1.74. The summed E-state index contributed by atoms with van der Waals surface area (Å²) in [6, 6.07) is 12.1. The average Bonchev–Trinajstić information content (AvgIpc) is 3.01. The van der Waals surface area contributed by atoms with E-state index in [4.69, 9.17) is 4.74 Å². The molecule has 2 aromatic carbocycles. The number of rotatable bonds is 6. The molecule has 1 aromatic heterocycles. The normalized spacial score (nSPS) is 11.3. The zero-order valence-electron chi connectivity index (χ0n) is 14.6. The Morgan fingerprint density at radius 1 is 1.19 bits per heavy atom. The molecule has 6 nitrogen and oxygen atoms in total. The van der Waals surface area contributed by atoms with Gasteiger partial charge in [-0.2, -0.15) is 0 Å². The van der Waals surface area contributed by atoms with Crippen molar-refractivity contribution in [2.45, 2.75) is 21.9 Å². The van der Waals surface area contributed by atoms with Gasteiger partial charge < -0.3 is 9.30 Å². The van der Waals surface area contributed by atoms with Crippen molar-refractivity contribution >= 4 is 27.5 Å². The first kappa shape index (κ1) is 18.3. The van der Waals surface area contributed by atoms with Crippen LogP contribution in [-0.4, -0.2) is 25.1 Å². The maximum Gasteiger partial charge on any atom is 0.262 e. The van der Waals surface area contributed by atoms with E-state index in [1.54, 1.807) is 50.6 Å². The molecule has 0 amide bonds. The number of sulfonamides is 1. The molecule has 3 rings (SSSR count). The molecule has 0 aliphatic carbocycles. The van der Waals surface area contributed by atoms with Crippen molar-refractivity contribution in [2.24, 2.45) is 7.05 Å². The highest BCUT2D eigenvalue weighted by atomic mass is 32.2. The fourth-order valence-electron chi connectivity index (χ4n) is 2.44. The summed E-state index contributed by atoms with van der Waals surface area (Å²) >= 11 is 1.40. The van der Waals surface area contributed by atoms with Gasteiger partial charge in [0, 0.05) is 24.3 Å². The van der Waals surface area contributed by atoms with Gasteiger partial charge in [-0.25, -0.2) is 13.4 Å². The number of aromatic nitrogens is 2. The first-order valence-corrected chi connectivity index (χ1v) is 10.1. The number of nitrogens with one attached hydrogen (secondary N) is 1. The molecule has 0 atom stereocenters. The standard InChI is InChI=1S/C18H19N3O3S2/c1-13-12-14(24-3)8-9-17(13)26(22,23)20-15-6-4-5-7-16(15)25-18-19-10-11-21(18)2/h4-12,20H,1-3H3. The van der Waals surface area contributed by atoms with Crippen molar-refractivity contribution < 1.29 is 13.2 Å². The van der Waals surface area contributed by atoms with Gasteiger partial charge in [0.05, 0.1) is 17.7 Å². The number of hydrogen-bond donors (Lipinski definition) is 1. The summed E-state index contributed by atoms with van der Waals surface area (Å²) in [6.07, 6.45) is 3.55. The molecule has 26 heavy (non-hydrogen) atoms. The number of benzene rings is 2.